The van der Waals surface area contributed by atoms with Gasteiger partial charge >= 0.3 is 0 Å². The van der Waals surface area contributed by atoms with Crippen LogP contribution in [0.5, 0.6) is 5.88 Å². The van der Waals surface area contributed by atoms with Crippen molar-refractivity contribution in [1.29, 1.82) is 0 Å². The van der Waals surface area contributed by atoms with Crippen LogP contribution >= 0.6 is 0 Å². The molecule has 4 aliphatic heterocycles. The SMILES string of the molecule is CC(C)c1ccccc1[C@@H]1COCCN1C1CC2(CCN(c3ccc(C(=O)NS(=O)(=O)c4ccc(NC[C@H]5CC[C@](C)(O)CC5)c([N+](=O)[O-])c4)c(N4c5cc6cc[nH]c6nc5O[C@@H]5COC[C@H]54)c3)CC2)C1. The van der Waals surface area contributed by atoms with E-state index < -0.39 is 43.1 Å². The van der Waals surface area contributed by atoms with Crippen LogP contribution < -0.4 is 24.6 Å². The maximum atomic E-state index is 14.6. The molecule has 3 atom stereocenters. The number of amides is 1. The number of ether oxygens (including phenoxy) is 3. The number of carbonyl (C=O) groups is 1. The van der Waals surface area contributed by atoms with Gasteiger partial charge in [0.15, 0.2) is 0 Å². The van der Waals surface area contributed by atoms with E-state index in [9.17, 15) is 28.4 Å². The summed E-state index contributed by atoms with van der Waals surface area (Å²) in [6.07, 6.45) is 8.50. The molecule has 11 rings (SSSR count). The normalized spacial score (nSPS) is 25.6. The zero-order valence-electron chi connectivity index (χ0n) is 40.6. The summed E-state index contributed by atoms with van der Waals surface area (Å²) in [6, 6.07) is 22.2. The van der Waals surface area contributed by atoms with Crippen molar-refractivity contribution in [3.8, 4) is 5.88 Å². The topological polar surface area (TPSA) is 205 Å². The average Bonchev–Trinajstić information content (AvgIpc) is 4.03. The number of nitrogens with one attached hydrogen (secondary N) is 3. The van der Waals surface area contributed by atoms with E-state index >= 15 is 0 Å². The molecular formula is C53H64N8O9S. The van der Waals surface area contributed by atoms with Crippen LogP contribution in [-0.2, 0) is 19.5 Å². The number of anilines is 4. The Morgan fingerprint density at radius 1 is 0.958 bits per heavy atom. The van der Waals surface area contributed by atoms with E-state index in [1.54, 1.807) is 12.3 Å². The summed E-state index contributed by atoms with van der Waals surface area (Å²) >= 11 is 0. The van der Waals surface area contributed by atoms with Crippen molar-refractivity contribution >= 4 is 55.4 Å². The van der Waals surface area contributed by atoms with Crippen LogP contribution in [0.1, 0.15) is 106 Å². The molecule has 2 aliphatic carbocycles. The second-order valence-electron chi connectivity index (χ2n) is 21.4. The van der Waals surface area contributed by atoms with E-state index in [4.69, 9.17) is 19.2 Å². The summed E-state index contributed by atoms with van der Waals surface area (Å²) in [4.78, 5) is 41.0. The number of nitro groups is 1. The highest BCUT2D eigenvalue weighted by Gasteiger charge is 2.50. The maximum Gasteiger partial charge on any atom is 0.293 e. The number of aromatic amines is 1. The third kappa shape index (κ3) is 9.22. The molecule has 18 heteroatoms. The predicted octanol–water partition coefficient (Wildman–Crippen LogP) is 8.19. The van der Waals surface area contributed by atoms with Crippen molar-refractivity contribution in [3.05, 3.63) is 106 Å². The highest BCUT2D eigenvalue weighted by atomic mass is 32.2. The number of fused-ring (bicyclic) bond motifs is 3. The summed E-state index contributed by atoms with van der Waals surface area (Å²) in [7, 11) is -4.62. The van der Waals surface area contributed by atoms with Crippen molar-refractivity contribution < 1.29 is 37.5 Å². The van der Waals surface area contributed by atoms with E-state index in [-0.39, 0.29) is 34.7 Å². The third-order valence-corrected chi connectivity index (χ3v) is 17.8. The fourth-order valence-electron chi connectivity index (χ4n) is 12.3. The second-order valence-corrected chi connectivity index (χ2v) is 23.1. The third-order valence-electron chi connectivity index (χ3n) is 16.4. The Morgan fingerprint density at radius 2 is 1.75 bits per heavy atom. The van der Waals surface area contributed by atoms with Gasteiger partial charge < -0.3 is 39.4 Å². The first-order valence-corrected chi connectivity index (χ1v) is 26.8. The van der Waals surface area contributed by atoms with Crippen LogP contribution in [0.25, 0.3) is 11.0 Å². The Morgan fingerprint density at radius 3 is 2.52 bits per heavy atom. The number of benzene rings is 3. The fraction of sp³-hybridized carbons (Fsp3) is 0.509. The van der Waals surface area contributed by atoms with Crippen LogP contribution in [-0.4, -0.2) is 116 Å². The lowest BCUT2D eigenvalue weighted by Gasteiger charge is -2.57. The molecule has 1 spiro atoms. The van der Waals surface area contributed by atoms with Crippen molar-refractivity contribution in [1.82, 2.24) is 19.6 Å². The van der Waals surface area contributed by atoms with Gasteiger partial charge in [0.1, 0.15) is 23.1 Å². The minimum Gasteiger partial charge on any atom is -0.468 e. The van der Waals surface area contributed by atoms with E-state index in [0.717, 1.165) is 81.9 Å². The van der Waals surface area contributed by atoms with E-state index in [1.807, 2.05) is 36.1 Å². The lowest BCUT2D eigenvalue weighted by atomic mass is 9.59. The summed E-state index contributed by atoms with van der Waals surface area (Å²) in [5, 5.41) is 26.7. The quantitative estimate of drug-likeness (QED) is 0.0688. The van der Waals surface area contributed by atoms with Gasteiger partial charge in [-0.1, -0.05) is 38.1 Å². The lowest BCUT2D eigenvalue weighted by molar-refractivity contribution is -0.384. The van der Waals surface area contributed by atoms with Crippen molar-refractivity contribution in [2.45, 2.75) is 113 Å². The molecule has 5 aromatic rings. The van der Waals surface area contributed by atoms with Gasteiger partial charge in [-0.3, -0.25) is 19.8 Å². The first-order chi connectivity index (χ1) is 34.1. The van der Waals surface area contributed by atoms with Crippen LogP contribution in [0.2, 0.25) is 0 Å². The van der Waals surface area contributed by atoms with Crippen molar-refractivity contribution in [2.75, 3.05) is 67.7 Å². The molecule has 71 heavy (non-hydrogen) atoms. The van der Waals surface area contributed by atoms with Gasteiger partial charge in [0.05, 0.1) is 65.2 Å². The monoisotopic (exact) mass is 988 g/mol. The molecular weight excluding hydrogens is 925 g/mol. The molecule has 3 aromatic carbocycles. The molecule has 0 unspecified atom stereocenters. The lowest BCUT2D eigenvalue weighted by Crippen LogP contribution is -2.58. The fourth-order valence-corrected chi connectivity index (χ4v) is 13.3. The number of rotatable bonds is 12. The molecule has 4 N–H and O–H groups in total. The van der Waals surface area contributed by atoms with Gasteiger partial charge in [-0.05, 0) is 129 Å². The molecule has 6 heterocycles. The Bertz CT molecular complexity index is 2940. The number of H-pyrrole nitrogens is 1. The summed E-state index contributed by atoms with van der Waals surface area (Å²) in [6.45, 7) is 11.4. The Balaban J connectivity index is 0.857. The highest BCUT2D eigenvalue weighted by molar-refractivity contribution is 7.90. The molecule has 376 valence electrons. The standard InChI is InChI=1S/C53H64N8O9S/c1-33(2)39-6-4-5-7-40(39)46-30-68-23-22-59(46)37-27-53(28-37)17-20-58(21-18-53)36-8-10-41(43(25-36)60-45-24-35-14-19-54-49(35)56-51(45)70-48-32-69-31-47(48)60)50(62)57-71(66,67)38-9-11-42(44(26-38)61(64)65)55-29-34-12-15-52(3,63)16-13-34/h4-11,14,19,24-26,33-34,37,46-48,55,63H,12-13,15-18,20-23,27-32H2,1-3H3,(H,54,56)(H,57,62)/t34-,46-,47+,48+,52-/m0/s1. The molecule has 3 saturated heterocycles. The minimum atomic E-state index is -4.62. The largest absolute Gasteiger partial charge is 0.468 e. The first kappa shape index (κ1) is 47.5. The number of morpholine rings is 1. The second kappa shape index (κ2) is 18.7. The molecule has 1 amide bonds. The number of hydrogen-bond acceptors (Lipinski definition) is 14. The van der Waals surface area contributed by atoms with Gasteiger partial charge in [0.2, 0.25) is 5.88 Å². The van der Waals surface area contributed by atoms with Gasteiger partial charge in [0.25, 0.3) is 21.6 Å². The molecule has 5 fully saturated rings. The van der Waals surface area contributed by atoms with E-state index in [0.29, 0.717) is 74.1 Å². The molecule has 2 aromatic heterocycles. The summed E-state index contributed by atoms with van der Waals surface area (Å²) in [5.41, 5.74) is 4.77. The number of carbonyl (C=O) groups excluding carboxylic acids is 1. The number of hydrogen-bond donors (Lipinski definition) is 4. The van der Waals surface area contributed by atoms with Crippen molar-refractivity contribution in [3.63, 3.8) is 0 Å². The van der Waals surface area contributed by atoms with Crippen LogP contribution in [0.4, 0.5) is 28.4 Å². The number of pyridine rings is 1. The van der Waals surface area contributed by atoms with Crippen LogP contribution in [0, 0.1) is 21.4 Å². The Labute approximate surface area is 414 Å². The highest BCUT2D eigenvalue weighted by Crippen LogP contribution is 2.54. The molecule has 0 radical (unpaired) electrons. The number of nitro benzene ring substituents is 1. The molecule has 6 aliphatic rings. The summed E-state index contributed by atoms with van der Waals surface area (Å²) in [5.74, 6) is 0.0985. The van der Waals surface area contributed by atoms with Crippen LogP contribution in [0.3, 0.4) is 0 Å². The smallest absolute Gasteiger partial charge is 0.293 e. The zero-order chi connectivity index (χ0) is 49.2. The average molecular weight is 989 g/mol. The number of aliphatic hydroxyl groups is 1. The van der Waals surface area contributed by atoms with Gasteiger partial charge in [-0.15, -0.1) is 0 Å². The number of aromatic nitrogens is 2. The predicted molar refractivity (Wildman–Crippen MR) is 270 cm³/mol. The zero-order valence-corrected chi connectivity index (χ0v) is 41.5. The van der Waals surface area contributed by atoms with Crippen LogP contribution in [0.15, 0.2) is 83.9 Å². The van der Waals surface area contributed by atoms with Gasteiger partial charge in [-0.2, -0.15) is 4.98 Å². The number of sulfonamides is 1. The number of piperidine rings is 1. The van der Waals surface area contributed by atoms with Crippen molar-refractivity contribution in [2.24, 2.45) is 11.3 Å². The molecule has 2 saturated carbocycles. The van der Waals surface area contributed by atoms with Gasteiger partial charge in [0, 0.05) is 55.6 Å². The summed E-state index contributed by atoms with van der Waals surface area (Å²) < 4.78 is 49.0. The molecule has 17 nitrogen and oxygen atoms in total. The Hall–Kier alpha value is -5.79. The van der Waals surface area contributed by atoms with Gasteiger partial charge in [-0.25, -0.2) is 13.1 Å². The maximum absolute atomic E-state index is 14.6. The van der Waals surface area contributed by atoms with E-state index in [2.05, 4.69) is 62.9 Å². The first-order valence-electron chi connectivity index (χ1n) is 25.3. The number of nitrogens with zero attached hydrogens (tertiary/aromatic N) is 5. The van der Waals surface area contributed by atoms with E-state index in [1.165, 1.54) is 23.3 Å². The minimum absolute atomic E-state index is 0.0960. The molecule has 0 bridgehead atoms. The Kier molecular flexibility index (Phi) is 12.5.